The number of nitrogens with zero attached hydrogens (tertiary/aromatic N) is 2. The maximum Gasteiger partial charge on any atom is 0.213 e. The molecular formula is C11H16N2O. The van der Waals surface area contributed by atoms with Crippen molar-refractivity contribution in [3.8, 4) is 5.88 Å². The van der Waals surface area contributed by atoms with E-state index in [0.717, 1.165) is 19.6 Å². The largest absolute Gasteiger partial charge is 0.476 e. The highest BCUT2D eigenvalue weighted by molar-refractivity contribution is 5.07. The first-order chi connectivity index (χ1) is 6.86. The smallest absolute Gasteiger partial charge is 0.213 e. The molecule has 76 valence electrons. The number of aromatic nitrogens is 1. The van der Waals surface area contributed by atoms with Crippen LogP contribution in [0.4, 0.5) is 0 Å². The minimum absolute atomic E-state index is 0.621. The average Bonchev–Trinajstić information content (AvgIpc) is 2.26. The lowest BCUT2D eigenvalue weighted by Gasteiger charge is -2.17. The molecule has 0 unspecified atom stereocenters. The van der Waals surface area contributed by atoms with Crippen molar-refractivity contribution in [1.29, 1.82) is 0 Å². The van der Waals surface area contributed by atoms with Gasteiger partial charge in [-0.25, -0.2) is 4.98 Å². The molecule has 0 N–H and O–H groups in total. The molecule has 14 heavy (non-hydrogen) atoms. The molecule has 3 heteroatoms. The highest BCUT2D eigenvalue weighted by atomic mass is 16.5. The first kappa shape index (κ1) is 11.0. The molecule has 0 amide bonds. The maximum atomic E-state index is 5.44. The Balaban J connectivity index is 2.21. The third kappa shape index (κ3) is 3.75. The predicted molar refractivity (Wildman–Crippen MR) is 55.2 cm³/mol. The van der Waals surface area contributed by atoms with Crippen molar-refractivity contribution in [1.82, 2.24) is 9.88 Å². The number of pyridine rings is 1. The van der Waals surface area contributed by atoms with Crippen LogP contribution in [0.25, 0.3) is 0 Å². The van der Waals surface area contributed by atoms with E-state index in [4.69, 9.17) is 4.74 Å². The maximum absolute atomic E-state index is 5.44. The van der Waals surface area contributed by atoms with E-state index in [2.05, 4.69) is 36.0 Å². The minimum atomic E-state index is 0.621. The van der Waals surface area contributed by atoms with E-state index in [9.17, 15) is 0 Å². The summed E-state index contributed by atoms with van der Waals surface area (Å²) in [5.41, 5.74) is 0. The van der Waals surface area contributed by atoms with Crippen molar-refractivity contribution in [3.63, 3.8) is 0 Å². The van der Waals surface area contributed by atoms with E-state index in [0.29, 0.717) is 12.5 Å². The number of hydrogen-bond acceptors (Lipinski definition) is 3. The fourth-order valence-electron chi connectivity index (χ4n) is 1.17. The second kappa shape index (κ2) is 6.38. The summed E-state index contributed by atoms with van der Waals surface area (Å²) < 4.78 is 5.44. The molecule has 0 aliphatic heterocycles. The lowest BCUT2D eigenvalue weighted by Crippen LogP contribution is -2.28. The van der Waals surface area contributed by atoms with Gasteiger partial charge in [0.2, 0.25) is 5.88 Å². The molecular weight excluding hydrogens is 176 g/mol. The van der Waals surface area contributed by atoms with Crippen LogP contribution < -0.4 is 4.74 Å². The van der Waals surface area contributed by atoms with E-state index in [1.165, 1.54) is 0 Å². The normalized spacial score (nSPS) is 10.5. The summed E-state index contributed by atoms with van der Waals surface area (Å²) in [4.78, 5) is 6.21. The second-order valence-corrected chi connectivity index (χ2v) is 2.91. The number of likely N-dealkylation sites (N-methyl/N-ethyl adjacent to an activating group) is 1. The zero-order valence-electron chi connectivity index (χ0n) is 8.79. The Morgan fingerprint density at radius 2 is 2.21 bits per heavy atom. The minimum Gasteiger partial charge on any atom is -0.476 e. The van der Waals surface area contributed by atoms with Gasteiger partial charge in [0, 0.05) is 18.7 Å². The first-order valence-electron chi connectivity index (χ1n) is 4.96. The fourth-order valence-corrected chi connectivity index (χ4v) is 1.17. The van der Waals surface area contributed by atoms with E-state index >= 15 is 0 Å². The average molecular weight is 192 g/mol. The van der Waals surface area contributed by atoms with Gasteiger partial charge in [-0.3, -0.25) is 0 Å². The van der Waals surface area contributed by atoms with Gasteiger partial charge in [0.15, 0.2) is 0 Å². The Morgan fingerprint density at radius 3 is 2.79 bits per heavy atom. The molecule has 0 aliphatic carbocycles. The molecule has 0 aromatic carbocycles. The number of ether oxygens (including phenoxy) is 1. The zero-order valence-corrected chi connectivity index (χ0v) is 8.79. The van der Waals surface area contributed by atoms with Gasteiger partial charge in [0.25, 0.3) is 0 Å². The van der Waals surface area contributed by atoms with Crippen LogP contribution in [-0.2, 0) is 0 Å². The molecule has 0 spiro atoms. The molecule has 0 aliphatic rings. The van der Waals surface area contributed by atoms with Crippen molar-refractivity contribution in [2.45, 2.75) is 13.8 Å². The van der Waals surface area contributed by atoms with E-state index < -0.39 is 0 Å². The standard InChI is InChI=1S/C11H16N2O/c1-3-13(4-2)9-10-14-11-7-5-6-8-12-11/h5,7H,3-4,9-10H2,1-2H3. The lowest BCUT2D eigenvalue weighted by atomic mass is 10.5. The van der Waals surface area contributed by atoms with E-state index in [1.807, 2.05) is 0 Å². The third-order valence-electron chi connectivity index (χ3n) is 2.09. The Bertz CT molecular complexity index is 234. The van der Waals surface area contributed by atoms with Gasteiger partial charge >= 0.3 is 0 Å². The van der Waals surface area contributed by atoms with Crippen LogP contribution in [0.5, 0.6) is 5.88 Å². The van der Waals surface area contributed by atoms with Gasteiger partial charge in [-0.1, -0.05) is 13.8 Å². The Kier molecular flexibility index (Phi) is 5.00. The molecule has 0 atom stereocenters. The third-order valence-corrected chi connectivity index (χ3v) is 2.09. The van der Waals surface area contributed by atoms with Crippen LogP contribution in [0, 0.1) is 12.3 Å². The van der Waals surface area contributed by atoms with Crippen LogP contribution in [0.2, 0.25) is 0 Å². The highest BCUT2D eigenvalue weighted by Gasteiger charge is 1.99. The highest BCUT2D eigenvalue weighted by Crippen LogP contribution is 2.02. The van der Waals surface area contributed by atoms with Crippen LogP contribution in [0.3, 0.4) is 0 Å². The van der Waals surface area contributed by atoms with Gasteiger partial charge in [-0.15, -0.1) is 0 Å². The second-order valence-electron chi connectivity index (χ2n) is 2.91. The molecule has 1 rings (SSSR count). The summed E-state index contributed by atoms with van der Waals surface area (Å²) in [5.74, 6) is 0.621. The molecule has 1 heterocycles. The molecule has 1 aromatic rings. The molecule has 0 fully saturated rings. The summed E-state index contributed by atoms with van der Waals surface area (Å²) in [6, 6.07) is 6.27. The van der Waals surface area contributed by atoms with Gasteiger partial charge in [-0.05, 0) is 19.2 Å². The van der Waals surface area contributed by atoms with Crippen LogP contribution >= 0.6 is 0 Å². The quantitative estimate of drug-likeness (QED) is 0.681. The van der Waals surface area contributed by atoms with Crippen LogP contribution in [0.1, 0.15) is 13.8 Å². The topological polar surface area (TPSA) is 25.4 Å². The van der Waals surface area contributed by atoms with Crippen molar-refractivity contribution in [2.75, 3.05) is 26.2 Å². The zero-order chi connectivity index (χ0) is 10.2. The molecule has 0 saturated carbocycles. The molecule has 0 saturated heterocycles. The summed E-state index contributed by atoms with van der Waals surface area (Å²) in [6.45, 7) is 8.02. The van der Waals surface area contributed by atoms with Gasteiger partial charge in [0.1, 0.15) is 12.8 Å². The molecule has 3 nitrogen and oxygen atoms in total. The van der Waals surface area contributed by atoms with E-state index in [-0.39, 0.29) is 0 Å². The Morgan fingerprint density at radius 1 is 1.43 bits per heavy atom. The van der Waals surface area contributed by atoms with Gasteiger partial charge < -0.3 is 9.64 Å². The monoisotopic (exact) mass is 192 g/mol. The van der Waals surface area contributed by atoms with Crippen molar-refractivity contribution < 1.29 is 4.74 Å². The summed E-state index contributed by atoms with van der Waals surface area (Å²) in [5, 5.41) is 0. The number of hydrogen-bond donors (Lipinski definition) is 0. The summed E-state index contributed by atoms with van der Waals surface area (Å²) in [6.07, 6.45) is 2.61. The van der Waals surface area contributed by atoms with Crippen LogP contribution in [0.15, 0.2) is 12.1 Å². The van der Waals surface area contributed by atoms with Gasteiger partial charge in [-0.2, -0.15) is 0 Å². The Hall–Kier alpha value is -1.09. The summed E-state index contributed by atoms with van der Waals surface area (Å²) >= 11 is 0. The lowest BCUT2D eigenvalue weighted by molar-refractivity contribution is 0.218. The molecule has 0 bridgehead atoms. The van der Waals surface area contributed by atoms with Gasteiger partial charge in [0.05, 0.1) is 0 Å². The van der Waals surface area contributed by atoms with E-state index in [1.54, 1.807) is 12.1 Å². The number of rotatable bonds is 6. The van der Waals surface area contributed by atoms with Crippen molar-refractivity contribution in [2.24, 2.45) is 0 Å². The predicted octanol–water partition coefficient (Wildman–Crippen LogP) is 1.40. The fraction of sp³-hybridized carbons (Fsp3) is 0.545. The summed E-state index contributed by atoms with van der Waals surface area (Å²) in [7, 11) is 0. The first-order valence-corrected chi connectivity index (χ1v) is 4.96. The van der Waals surface area contributed by atoms with Crippen molar-refractivity contribution >= 4 is 0 Å². The molecule has 2 radical (unpaired) electrons. The van der Waals surface area contributed by atoms with Crippen molar-refractivity contribution in [3.05, 3.63) is 24.4 Å². The SMILES string of the molecule is CCN(CC)CCOc1cc[c][c]n1. The Labute approximate surface area is 85.7 Å². The molecule has 1 aromatic heterocycles. The van der Waals surface area contributed by atoms with Crippen LogP contribution in [-0.4, -0.2) is 36.1 Å².